The topological polar surface area (TPSA) is 50.7 Å². The zero-order valence-corrected chi connectivity index (χ0v) is 9.48. The quantitative estimate of drug-likeness (QED) is 0.716. The molecule has 0 saturated carbocycles. The summed E-state index contributed by atoms with van der Waals surface area (Å²) in [6.07, 6.45) is 5.36. The van der Waals surface area contributed by atoms with Gasteiger partial charge in [-0.3, -0.25) is 4.79 Å². The lowest BCUT2D eigenvalue weighted by Gasteiger charge is -2.02. The summed E-state index contributed by atoms with van der Waals surface area (Å²) in [5.74, 6) is 0. The molecule has 0 aliphatic heterocycles. The minimum Gasteiger partial charge on any atom is -0.320 e. The Morgan fingerprint density at radius 2 is 1.82 bits per heavy atom. The first-order chi connectivity index (χ1) is 8.25. The van der Waals surface area contributed by atoms with E-state index >= 15 is 0 Å². The largest absolute Gasteiger partial charge is 0.320 e. The van der Waals surface area contributed by atoms with Gasteiger partial charge in [0, 0.05) is 12.4 Å². The van der Waals surface area contributed by atoms with E-state index < -0.39 is 0 Å². The van der Waals surface area contributed by atoms with Gasteiger partial charge in [0.1, 0.15) is 5.02 Å². The van der Waals surface area contributed by atoms with Crippen LogP contribution in [0, 0.1) is 0 Å². The number of fused-ring (bicyclic) bond motifs is 1. The molecule has 2 heterocycles. The van der Waals surface area contributed by atoms with Crippen molar-refractivity contribution < 1.29 is 0 Å². The van der Waals surface area contributed by atoms with Gasteiger partial charge in [0.2, 0.25) is 0 Å². The number of hydrogen-bond donors (Lipinski definition) is 1. The van der Waals surface area contributed by atoms with Crippen molar-refractivity contribution in [2.45, 2.75) is 0 Å². The molecule has 0 atom stereocenters. The number of nitrogens with one attached hydrogen (secondary N) is 1. The van der Waals surface area contributed by atoms with Crippen LogP contribution in [-0.4, -0.2) is 14.8 Å². The lowest BCUT2D eigenvalue weighted by atomic mass is 10.2. The molecule has 17 heavy (non-hydrogen) atoms. The predicted octanol–water partition coefficient (Wildman–Crippen LogP) is 2.37. The van der Waals surface area contributed by atoms with Gasteiger partial charge in [-0.25, -0.2) is 5.10 Å². The minimum atomic E-state index is -0.387. The first-order valence-electron chi connectivity index (χ1n) is 5.06. The number of rotatable bonds is 1. The van der Waals surface area contributed by atoms with Crippen molar-refractivity contribution in [3.8, 4) is 5.69 Å². The molecule has 0 aliphatic rings. The van der Waals surface area contributed by atoms with Crippen LogP contribution in [0.5, 0.6) is 0 Å². The summed E-state index contributed by atoms with van der Waals surface area (Å²) in [5, 5.41) is 8.35. The Labute approximate surface area is 101 Å². The highest BCUT2D eigenvalue weighted by Crippen LogP contribution is 2.20. The monoisotopic (exact) mass is 245 g/mol. The van der Waals surface area contributed by atoms with E-state index in [4.69, 9.17) is 11.6 Å². The van der Waals surface area contributed by atoms with Crippen molar-refractivity contribution >= 4 is 22.4 Å². The van der Waals surface area contributed by atoms with Gasteiger partial charge in [0.25, 0.3) is 5.56 Å². The van der Waals surface area contributed by atoms with Gasteiger partial charge in [0.05, 0.1) is 11.9 Å². The molecule has 2 aromatic heterocycles. The maximum absolute atomic E-state index is 11.4. The highest BCUT2D eigenvalue weighted by Gasteiger charge is 2.07. The van der Waals surface area contributed by atoms with Crippen LogP contribution in [0.4, 0.5) is 0 Å². The van der Waals surface area contributed by atoms with Gasteiger partial charge in [0.15, 0.2) is 0 Å². The summed E-state index contributed by atoms with van der Waals surface area (Å²) < 4.78 is 1.80. The fourth-order valence-corrected chi connectivity index (χ4v) is 1.96. The van der Waals surface area contributed by atoms with Gasteiger partial charge in [-0.1, -0.05) is 35.9 Å². The van der Waals surface area contributed by atoms with E-state index in [2.05, 4.69) is 10.2 Å². The van der Waals surface area contributed by atoms with Crippen molar-refractivity contribution in [1.82, 2.24) is 14.8 Å². The normalized spacial score (nSPS) is 10.9. The zero-order valence-electron chi connectivity index (χ0n) is 8.72. The SMILES string of the molecule is O=c1[nH]ncc(-n2cc3ccccc3c2)c1Cl. The fraction of sp³-hybridized carbons (Fsp3) is 0. The van der Waals surface area contributed by atoms with E-state index in [1.54, 1.807) is 4.57 Å². The Morgan fingerprint density at radius 3 is 2.47 bits per heavy atom. The average molecular weight is 246 g/mol. The molecule has 0 saturated heterocycles. The van der Waals surface area contributed by atoms with Crippen molar-refractivity contribution in [3.05, 3.63) is 58.2 Å². The van der Waals surface area contributed by atoms with Crippen molar-refractivity contribution in [2.24, 2.45) is 0 Å². The zero-order chi connectivity index (χ0) is 11.8. The highest BCUT2D eigenvalue weighted by atomic mass is 35.5. The number of nitrogens with zero attached hydrogens (tertiary/aromatic N) is 2. The molecular formula is C12H8ClN3O. The molecule has 3 aromatic rings. The second-order valence-corrected chi connectivity index (χ2v) is 4.07. The summed E-state index contributed by atoms with van der Waals surface area (Å²) in [4.78, 5) is 11.4. The Morgan fingerprint density at radius 1 is 1.18 bits per heavy atom. The fourth-order valence-electron chi connectivity index (χ4n) is 1.78. The van der Waals surface area contributed by atoms with E-state index in [0.717, 1.165) is 10.8 Å². The Hall–Kier alpha value is -2.07. The molecular weight excluding hydrogens is 238 g/mol. The lowest BCUT2D eigenvalue weighted by molar-refractivity contribution is 0.948. The van der Waals surface area contributed by atoms with E-state index in [1.807, 2.05) is 36.7 Å². The van der Waals surface area contributed by atoms with Crippen LogP contribution in [0.25, 0.3) is 16.5 Å². The second kappa shape index (κ2) is 3.75. The van der Waals surface area contributed by atoms with Crippen LogP contribution >= 0.6 is 11.6 Å². The van der Waals surface area contributed by atoms with Gasteiger partial charge >= 0.3 is 0 Å². The molecule has 1 aromatic carbocycles. The third kappa shape index (κ3) is 1.62. The molecule has 4 nitrogen and oxygen atoms in total. The third-order valence-electron chi connectivity index (χ3n) is 2.61. The molecule has 0 bridgehead atoms. The summed E-state index contributed by atoms with van der Waals surface area (Å²) in [6, 6.07) is 7.93. The first kappa shape index (κ1) is 10.1. The van der Waals surface area contributed by atoms with E-state index in [0.29, 0.717) is 5.69 Å². The summed E-state index contributed by atoms with van der Waals surface area (Å²) >= 11 is 5.95. The van der Waals surface area contributed by atoms with Crippen molar-refractivity contribution in [1.29, 1.82) is 0 Å². The van der Waals surface area contributed by atoms with Crippen LogP contribution in [0.3, 0.4) is 0 Å². The van der Waals surface area contributed by atoms with Crippen molar-refractivity contribution in [3.63, 3.8) is 0 Å². The molecule has 0 radical (unpaired) electrons. The molecule has 0 unspecified atom stereocenters. The number of halogens is 1. The predicted molar refractivity (Wildman–Crippen MR) is 66.7 cm³/mol. The molecule has 1 N–H and O–H groups in total. The number of benzene rings is 1. The third-order valence-corrected chi connectivity index (χ3v) is 2.97. The van der Waals surface area contributed by atoms with Crippen LogP contribution in [0.2, 0.25) is 5.02 Å². The number of hydrogen-bond acceptors (Lipinski definition) is 2. The van der Waals surface area contributed by atoms with E-state index in [1.165, 1.54) is 6.20 Å². The van der Waals surface area contributed by atoms with Gasteiger partial charge in [-0.15, -0.1) is 0 Å². The minimum absolute atomic E-state index is 0.139. The molecule has 0 amide bonds. The molecule has 0 fully saturated rings. The van der Waals surface area contributed by atoms with E-state index in [9.17, 15) is 4.79 Å². The van der Waals surface area contributed by atoms with Crippen LogP contribution < -0.4 is 5.56 Å². The summed E-state index contributed by atoms with van der Waals surface area (Å²) in [6.45, 7) is 0. The number of aromatic nitrogens is 3. The van der Waals surface area contributed by atoms with Gasteiger partial charge in [-0.05, 0) is 10.8 Å². The van der Waals surface area contributed by atoms with Crippen molar-refractivity contribution in [2.75, 3.05) is 0 Å². The van der Waals surface area contributed by atoms with Gasteiger partial charge < -0.3 is 4.57 Å². The molecule has 84 valence electrons. The summed E-state index contributed by atoms with van der Waals surface area (Å²) in [7, 11) is 0. The average Bonchev–Trinajstić information content (AvgIpc) is 2.76. The molecule has 0 spiro atoms. The Bertz CT molecular complexity index is 712. The van der Waals surface area contributed by atoms with Crippen LogP contribution in [0.1, 0.15) is 0 Å². The standard InChI is InChI=1S/C12H8ClN3O/c13-11-10(5-14-15-12(11)17)16-6-8-3-1-2-4-9(8)7-16/h1-7H,(H,15,17). The molecule has 5 heteroatoms. The van der Waals surface area contributed by atoms with Gasteiger partial charge in [-0.2, -0.15) is 5.10 Å². The Balaban J connectivity index is 2.27. The van der Waals surface area contributed by atoms with Crippen LogP contribution in [0.15, 0.2) is 47.7 Å². The van der Waals surface area contributed by atoms with Crippen LogP contribution in [-0.2, 0) is 0 Å². The number of aromatic amines is 1. The highest BCUT2D eigenvalue weighted by molar-refractivity contribution is 6.32. The second-order valence-electron chi connectivity index (χ2n) is 3.69. The van der Waals surface area contributed by atoms with E-state index in [-0.39, 0.29) is 10.6 Å². The maximum Gasteiger partial charge on any atom is 0.285 e. The Kier molecular flexibility index (Phi) is 2.23. The first-order valence-corrected chi connectivity index (χ1v) is 5.44. The summed E-state index contributed by atoms with van der Waals surface area (Å²) in [5.41, 5.74) is 0.188. The molecule has 0 aliphatic carbocycles. The smallest absolute Gasteiger partial charge is 0.285 e. The maximum atomic E-state index is 11.4. The molecule has 3 rings (SSSR count). The lowest BCUT2D eigenvalue weighted by Crippen LogP contribution is -2.11. The number of H-pyrrole nitrogens is 1.